The van der Waals surface area contributed by atoms with Crippen LogP contribution in [0.1, 0.15) is 18.4 Å². The molecule has 0 unspecified atom stereocenters. The van der Waals surface area contributed by atoms with E-state index in [1.165, 1.54) is 26.4 Å². The highest BCUT2D eigenvalue weighted by Gasteiger charge is 2.56. The van der Waals surface area contributed by atoms with Gasteiger partial charge in [0.15, 0.2) is 11.5 Å². The molecule has 146 valence electrons. The molecule has 1 aromatic carbocycles. The smallest absolute Gasteiger partial charge is 0.282 e. The highest BCUT2D eigenvalue weighted by Crippen LogP contribution is 2.49. The second-order valence-electron chi connectivity index (χ2n) is 7.10. The fourth-order valence-electron chi connectivity index (χ4n) is 4.44. The zero-order valence-electron chi connectivity index (χ0n) is 15.4. The van der Waals surface area contributed by atoms with Gasteiger partial charge in [-0.05, 0) is 30.7 Å². The minimum Gasteiger partial charge on any atom is -0.493 e. The summed E-state index contributed by atoms with van der Waals surface area (Å²) in [5.41, 5.74) is -0.154. The maximum Gasteiger partial charge on any atom is 0.282 e. The number of amides is 2. The van der Waals surface area contributed by atoms with Crippen LogP contribution in [-0.2, 0) is 9.59 Å². The van der Waals surface area contributed by atoms with Crippen molar-refractivity contribution < 1.29 is 24.0 Å². The number of nitrogens with zero attached hydrogens (tertiary/aromatic N) is 3. The Kier molecular flexibility index (Phi) is 4.37. The van der Waals surface area contributed by atoms with Gasteiger partial charge in [0.05, 0.1) is 48.8 Å². The Balaban J connectivity index is 1.67. The lowest BCUT2D eigenvalue weighted by Gasteiger charge is -2.37. The number of hydrazone groups is 1. The van der Waals surface area contributed by atoms with E-state index in [4.69, 9.17) is 9.47 Å². The van der Waals surface area contributed by atoms with Crippen molar-refractivity contribution in [2.45, 2.75) is 12.8 Å². The Hall–Kier alpha value is -3.23. The zero-order valence-corrected chi connectivity index (χ0v) is 15.4. The highest BCUT2D eigenvalue weighted by molar-refractivity contribution is 6.06. The number of carbonyl (C=O) groups is 2. The van der Waals surface area contributed by atoms with Gasteiger partial charge in [-0.3, -0.25) is 19.7 Å². The van der Waals surface area contributed by atoms with Crippen LogP contribution in [0.15, 0.2) is 29.4 Å². The summed E-state index contributed by atoms with van der Waals surface area (Å²) in [5, 5.41) is 16.3. The number of methoxy groups -OCH3 is 2. The van der Waals surface area contributed by atoms with Gasteiger partial charge < -0.3 is 9.47 Å². The highest BCUT2D eigenvalue weighted by atomic mass is 16.6. The van der Waals surface area contributed by atoms with Crippen LogP contribution in [0.3, 0.4) is 0 Å². The fourth-order valence-corrected chi connectivity index (χ4v) is 4.44. The Morgan fingerprint density at radius 1 is 1.07 bits per heavy atom. The molecule has 1 saturated carbocycles. The standard InChI is InChI=1S/C19H19N3O6/c1-27-14-7-12(13(22(25)26)8-15(14)28-2)9-20-21-18(23)16-10-3-4-11(6-5-10)17(16)19(21)24/h3-4,7-11,16-17H,5-6H2,1-2H3/b20-9-/t10-,11-,16+,17+/m0/s1. The summed E-state index contributed by atoms with van der Waals surface area (Å²) in [6, 6.07) is 2.61. The first kappa shape index (κ1) is 18.1. The summed E-state index contributed by atoms with van der Waals surface area (Å²) in [5.74, 6) is -0.841. The second kappa shape index (κ2) is 6.74. The van der Waals surface area contributed by atoms with Gasteiger partial charge in [0.1, 0.15) is 0 Å². The number of allylic oxidation sites excluding steroid dienone is 2. The summed E-state index contributed by atoms with van der Waals surface area (Å²) in [6.45, 7) is 0. The lowest BCUT2D eigenvalue weighted by molar-refractivity contribution is -0.385. The lowest BCUT2D eigenvalue weighted by atomic mass is 9.63. The van der Waals surface area contributed by atoms with Gasteiger partial charge in [-0.15, -0.1) is 0 Å². The summed E-state index contributed by atoms with van der Waals surface area (Å²) in [6.07, 6.45) is 6.97. The third kappa shape index (κ3) is 2.65. The summed E-state index contributed by atoms with van der Waals surface area (Å²) in [7, 11) is 2.78. The molecular formula is C19H19N3O6. The number of rotatable bonds is 5. The predicted molar refractivity (Wildman–Crippen MR) is 98.0 cm³/mol. The average molecular weight is 385 g/mol. The maximum atomic E-state index is 12.8. The first-order valence-corrected chi connectivity index (χ1v) is 8.96. The number of hydrogen-bond acceptors (Lipinski definition) is 7. The number of benzene rings is 1. The molecule has 9 nitrogen and oxygen atoms in total. The SMILES string of the molecule is COc1cc(/C=N\N2C(=O)[C@H]3[C@H](C2=O)[C@H]2C=C[C@H]3CC2)c([N+](=O)[O-])cc1OC. The van der Waals surface area contributed by atoms with E-state index in [0.29, 0.717) is 0 Å². The van der Waals surface area contributed by atoms with E-state index in [-0.39, 0.29) is 58.2 Å². The molecule has 1 aliphatic heterocycles. The third-order valence-corrected chi connectivity index (χ3v) is 5.78. The molecule has 0 spiro atoms. The van der Waals surface area contributed by atoms with E-state index in [0.717, 1.165) is 24.1 Å². The molecule has 5 rings (SSSR count). The van der Waals surface area contributed by atoms with Crippen LogP contribution in [0.2, 0.25) is 0 Å². The van der Waals surface area contributed by atoms with E-state index >= 15 is 0 Å². The molecule has 4 atom stereocenters. The van der Waals surface area contributed by atoms with Crippen molar-refractivity contribution in [2.24, 2.45) is 28.8 Å². The molecule has 2 bridgehead atoms. The number of hydrogen-bond donors (Lipinski definition) is 0. The predicted octanol–water partition coefficient (Wildman–Crippen LogP) is 2.14. The van der Waals surface area contributed by atoms with Gasteiger partial charge in [-0.1, -0.05) is 12.2 Å². The number of ether oxygens (including phenoxy) is 2. The Bertz CT molecular complexity index is 892. The van der Waals surface area contributed by atoms with Crippen LogP contribution in [0.5, 0.6) is 11.5 Å². The molecule has 3 aliphatic carbocycles. The zero-order chi connectivity index (χ0) is 20.0. The van der Waals surface area contributed by atoms with Crippen molar-refractivity contribution in [2.75, 3.05) is 14.2 Å². The normalized spacial score (nSPS) is 28.1. The topological polar surface area (TPSA) is 111 Å². The van der Waals surface area contributed by atoms with Gasteiger partial charge in [-0.2, -0.15) is 10.1 Å². The van der Waals surface area contributed by atoms with Gasteiger partial charge >= 0.3 is 0 Å². The first-order valence-electron chi connectivity index (χ1n) is 8.96. The quantitative estimate of drug-likeness (QED) is 0.252. The van der Waals surface area contributed by atoms with E-state index in [1.54, 1.807) is 0 Å². The molecule has 1 heterocycles. The summed E-state index contributed by atoms with van der Waals surface area (Å²) < 4.78 is 10.3. The van der Waals surface area contributed by atoms with Crippen molar-refractivity contribution in [3.05, 3.63) is 40.0 Å². The van der Waals surface area contributed by atoms with Crippen LogP contribution >= 0.6 is 0 Å². The summed E-state index contributed by atoms with van der Waals surface area (Å²) >= 11 is 0. The van der Waals surface area contributed by atoms with Crippen molar-refractivity contribution in [1.29, 1.82) is 0 Å². The van der Waals surface area contributed by atoms with Crippen LogP contribution in [-0.4, -0.2) is 42.2 Å². The molecule has 1 saturated heterocycles. The van der Waals surface area contributed by atoms with E-state index < -0.39 is 4.92 Å². The molecule has 0 radical (unpaired) electrons. The number of imide groups is 1. The van der Waals surface area contributed by atoms with Gasteiger partial charge in [0, 0.05) is 0 Å². The number of nitro benzene ring substituents is 1. The molecule has 2 amide bonds. The fraction of sp³-hybridized carbons (Fsp3) is 0.421. The Morgan fingerprint density at radius 3 is 2.07 bits per heavy atom. The molecule has 28 heavy (non-hydrogen) atoms. The van der Waals surface area contributed by atoms with Crippen molar-refractivity contribution in [3.8, 4) is 11.5 Å². The largest absolute Gasteiger partial charge is 0.493 e. The molecular weight excluding hydrogens is 366 g/mol. The van der Waals surface area contributed by atoms with E-state index in [2.05, 4.69) is 5.10 Å². The van der Waals surface area contributed by atoms with Crippen LogP contribution in [0.25, 0.3) is 0 Å². The van der Waals surface area contributed by atoms with Crippen molar-refractivity contribution in [3.63, 3.8) is 0 Å². The molecule has 1 aromatic rings. The molecule has 2 fully saturated rings. The molecule has 0 aromatic heterocycles. The third-order valence-electron chi connectivity index (χ3n) is 5.78. The lowest BCUT2D eigenvalue weighted by Crippen LogP contribution is -2.38. The maximum absolute atomic E-state index is 12.8. The Labute approximate surface area is 160 Å². The molecule has 9 heteroatoms. The number of fused-ring (bicyclic) bond motifs is 1. The average Bonchev–Trinajstić information content (AvgIpc) is 2.98. The summed E-state index contributed by atoms with van der Waals surface area (Å²) in [4.78, 5) is 36.4. The van der Waals surface area contributed by atoms with Crippen LogP contribution in [0, 0.1) is 33.8 Å². The molecule has 4 aliphatic rings. The molecule has 0 N–H and O–H groups in total. The monoisotopic (exact) mass is 385 g/mol. The van der Waals surface area contributed by atoms with Crippen LogP contribution in [0.4, 0.5) is 5.69 Å². The van der Waals surface area contributed by atoms with Gasteiger partial charge in [-0.25, -0.2) is 0 Å². The minimum absolute atomic E-state index is 0.0575. The number of nitro groups is 1. The van der Waals surface area contributed by atoms with Crippen molar-refractivity contribution >= 4 is 23.7 Å². The van der Waals surface area contributed by atoms with E-state index in [9.17, 15) is 19.7 Å². The van der Waals surface area contributed by atoms with Crippen molar-refractivity contribution in [1.82, 2.24) is 5.01 Å². The first-order chi connectivity index (χ1) is 13.5. The van der Waals surface area contributed by atoms with Gasteiger partial charge in [0.2, 0.25) is 0 Å². The van der Waals surface area contributed by atoms with Gasteiger partial charge in [0.25, 0.3) is 17.5 Å². The second-order valence-corrected chi connectivity index (χ2v) is 7.10. The number of carbonyl (C=O) groups excluding carboxylic acids is 2. The Morgan fingerprint density at radius 2 is 1.61 bits per heavy atom. The minimum atomic E-state index is -0.582. The van der Waals surface area contributed by atoms with E-state index in [1.807, 2.05) is 12.2 Å². The van der Waals surface area contributed by atoms with Crippen LogP contribution < -0.4 is 9.47 Å².